The van der Waals surface area contributed by atoms with E-state index in [0.717, 1.165) is 37.3 Å². The highest BCUT2D eigenvalue weighted by Gasteiger charge is 2.15. The standard InChI is InChI=1S/C26H24F2N8O/c1-35-10-12-36(13-11-35)20-4-2-18(3-5-20)33-26-31-16-17-6-8-30-25(24(17)34-26)21-14-19(7-9-29-21)32-23(37)15-22(27)28/h2-9,14-16H,10-13H2,1H3,(H,29,32,37)(H,31,33,34). The van der Waals surface area contributed by atoms with Crippen LogP contribution in [0.3, 0.4) is 0 Å². The second-order valence-electron chi connectivity index (χ2n) is 8.61. The van der Waals surface area contributed by atoms with Crippen LogP contribution in [0.1, 0.15) is 0 Å². The maximum atomic E-state index is 12.4. The van der Waals surface area contributed by atoms with Crippen LogP contribution in [0.15, 0.2) is 73.2 Å². The number of pyridine rings is 2. The van der Waals surface area contributed by atoms with E-state index in [2.05, 4.69) is 59.5 Å². The normalized spacial score (nSPS) is 13.9. The van der Waals surface area contributed by atoms with Crippen molar-refractivity contribution in [3.8, 4) is 11.4 Å². The Morgan fingerprint density at radius 3 is 2.46 bits per heavy atom. The summed E-state index contributed by atoms with van der Waals surface area (Å²) in [5.41, 5.74) is 3.77. The second-order valence-corrected chi connectivity index (χ2v) is 8.61. The molecule has 4 aromatic rings. The third kappa shape index (κ3) is 5.84. The van der Waals surface area contributed by atoms with Gasteiger partial charge in [0.05, 0.1) is 11.8 Å². The van der Waals surface area contributed by atoms with E-state index in [9.17, 15) is 13.6 Å². The third-order valence-corrected chi connectivity index (χ3v) is 6.00. The number of anilines is 4. The molecule has 37 heavy (non-hydrogen) atoms. The minimum absolute atomic E-state index is 0.221. The Labute approximate surface area is 211 Å². The van der Waals surface area contributed by atoms with Crippen molar-refractivity contribution in [3.05, 3.63) is 73.2 Å². The molecule has 1 saturated heterocycles. The molecule has 0 unspecified atom stereocenters. The van der Waals surface area contributed by atoms with Crippen molar-refractivity contribution in [2.75, 3.05) is 48.8 Å². The number of aromatic nitrogens is 4. The lowest BCUT2D eigenvalue weighted by molar-refractivity contribution is -0.112. The van der Waals surface area contributed by atoms with Crippen molar-refractivity contribution in [1.29, 1.82) is 0 Å². The van der Waals surface area contributed by atoms with Crippen LogP contribution in [0.2, 0.25) is 0 Å². The lowest BCUT2D eigenvalue weighted by atomic mass is 10.1. The van der Waals surface area contributed by atoms with E-state index in [1.807, 2.05) is 12.1 Å². The van der Waals surface area contributed by atoms with Gasteiger partial charge in [0, 0.05) is 67.2 Å². The number of carbonyl (C=O) groups is 1. The Morgan fingerprint density at radius 1 is 0.946 bits per heavy atom. The summed E-state index contributed by atoms with van der Waals surface area (Å²) in [5, 5.41) is 6.38. The second kappa shape index (κ2) is 10.6. The van der Waals surface area contributed by atoms with Gasteiger partial charge in [-0.1, -0.05) is 0 Å². The van der Waals surface area contributed by atoms with Gasteiger partial charge in [-0.2, -0.15) is 8.78 Å². The van der Waals surface area contributed by atoms with E-state index >= 15 is 0 Å². The number of hydrogen-bond donors (Lipinski definition) is 2. The van der Waals surface area contributed by atoms with Gasteiger partial charge in [-0.15, -0.1) is 0 Å². The van der Waals surface area contributed by atoms with E-state index in [0.29, 0.717) is 28.5 Å². The van der Waals surface area contributed by atoms with Crippen LogP contribution in [0.5, 0.6) is 0 Å². The molecule has 1 fully saturated rings. The molecular weight excluding hydrogens is 478 g/mol. The minimum atomic E-state index is -2.08. The summed E-state index contributed by atoms with van der Waals surface area (Å²) < 4.78 is 24.7. The average molecular weight is 503 g/mol. The van der Waals surface area contributed by atoms with Gasteiger partial charge in [-0.05, 0) is 49.5 Å². The predicted octanol–water partition coefficient (Wildman–Crippen LogP) is 4.30. The van der Waals surface area contributed by atoms with E-state index in [1.165, 1.54) is 18.0 Å². The molecule has 1 aliphatic rings. The fourth-order valence-electron chi connectivity index (χ4n) is 4.07. The minimum Gasteiger partial charge on any atom is -0.369 e. The Morgan fingerprint density at radius 2 is 1.70 bits per heavy atom. The Hall–Kier alpha value is -4.51. The number of piperazine rings is 1. The van der Waals surface area contributed by atoms with Crippen LogP contribution >= 0.6 is 0 Å². The number of halogens is 2. The first kappa shape index (κ1) is 24.2. The summed E-state index contributed by atoms with van der Waals surface area (Å²) in [6.45, 7) is 4.07. The lowest BCUT2D eigenvalue weighted by Crippen LogP contribution is -2.44. The lowest BCUT2D eigenvalue weighted by Gasteiger charge is -2.34. The van der Waals surface area contributed by atoms with Gasteiger partial charge < -0.3 is 20.4 Å². The van der Waals surface area contributed by atoms with Gasteiger partial charge in [0.15, 0.2) is 0 Å². The molecule has 5 rings (SSSR count). The topological polar surface area (TPSA) is 99.2 Å². The largest absolute Gasteiger partial charge is 0.369 e. The zero-order valence-electron chi connectivity index (χ0n) is 20.0. The van der Waals surface area contributed by atoms with Crippen LogP contribution in [0.4, 0.5) is 31.8 Å². The molecule has 3 aromatic heterocycles. The fraction of sp³-hybridized carbons (Fsp3) is 0.192. The monoisotopic (exact) mass is 502 g/mol. The van der Waals surface area contributed by atoms with Gasteiger partial charge in [-0.25, -0.2) is 9.97 Å². The van der Waals surface area contributed by atoms with Gasteiger partial charge in [0.2, 0.25) is 5.95 Å². The highest BCUT2D eigenvalue weighted by atomic mass is 19.3. The Balaban J connectivity index is 1.38. The molecule has 2 N–H and O–H groups in total. The van der Waals surface area contributed by atoms with E-state index in [-0.39, 0.29) is 6.08 Å². The quantitative estimate of drug-likeness (QED) is 0.377. The molecule has 1 aromatic carbocycles. The summed E-state index contributed by atoms with van der Waals surface area (Å²) >= 11 is 0. The SMILES string of the molecule is CN1CCN(c2ccc(Nc3ncc4ccnc(-c5cc(NC(=O)C=C(F)F)ccn5)c4n3)cc2)CC1. The molecule has 0 spiro atoms. The van der Waals surface area contributed by atoms with Crippen molar-refractivity contribution < 1.29 is 13.6 Å². The van der Waals surface area contributed by atoms with E-state index < -0.39 is 12.0 Å². The van der Waals surface area contributed by atoms with E-state index in [1.54, 1.807) is 24.5 Å². The number of hydrogen-bond acceptors (Lipinski definition) is 8. The molecule has 0 atom stereocenters. The molecule has 0 radical (unpaired) electrons. The number of rotatable bonds is 6. The zero-order valence-corrected chi connectivity index (χ0v) is 20.0. The highest BCUT2D eigenvalue weighted by molar-refractivity contribution is 6.00. The molecule has 0 bridgehead atoms. The van der Waals surface area contributed by atoms with Crippen LogP contribution in [-0.4, -0.2) is 64.0 Å². The van der Waals surface area contributed by atoms with Crippen molar-refractivity contribution in [3.63, 3.8) is 0 Å². The van der Waals surface area contributed by atoms with Gasteiger partial charge in [0.25, 0.3) is 12.0 Å². The van der Waals surface area contributed by atoms with Crippen molar-refractivity contribution >= 4 is 39.8 Å². The molecule has 9 nitrogen and oxygen atoms in total. The molecule has 1 amide bonds. The first-order valence-corrected chi connectivity index (χ1v) is 11.7. The molecule has 188 valence electrons. The number of benzene rings is 1. The Bertz CT molecular complexity index is 1450. The van der Waals surface area contributed by atoms with Gasteiger partial charge in [-0.3, -0.25) is 14.8 Å². The smallest absolute Gasteiger partial charge is 0.275 e. The number of likely N-dealkylation sites (N-methyl/N-ethyl adjacent to an activating group) is 1. The maximum Gasteiger partial charge on any atom is 0.275 e. The summed E-state index contributed by atoms with van der Waals surface area (Å²) in [6.07, 6.45) is 2.91. The van der Waals surface area contributed by atoms with Crippen molar-refractivity contribution in [2.24, 2.45) is 0 Å². The molecule has 0 saturated carbocycles. The molecule has 11 heteroatoms. The number of amides is 1. The number of carbonyl (C=O) groups excluding carboxylic acids is 1. The van der Waals surface area contributed by atoms with E-state index in [4.69, 9.17) is 0 Å². The van der Waals surface area contributed by atoms with Crippen molar-refractivity contribution in [1.82, 2.24) is 24.8 Å². The summed E-state index contributed by atoms with van der Waals surface area (Å²) in [5.74, 6) is -0.544. The highest BCUT2D eigenvalue weighted by Crippen LogP contribution is 2.27. The van der Waals surface area contributed by atoms with Crippen LogP contribution in [0, 0.1) is 0 Å². The number of fused-ring (bicyclic) bond motifs is 1. The average Bonchev–Trinajstić information content (AvgIpc) is 2.89. The first-order chi connectivity index (χ1) is 17.9. The number of nitrogens with zero attached hydrogens (tertiary/aromatic N) is 6. The third-order valence-electron chi connectivity index (χ3n) is 6.00. The Kier molecular flexibility index (Phi) is 6.95. The van der Waals surface area contributed by atoms with Crippen molar-refractivity contribution in [2.45, 2.75) is 0 Å². The fourth-order valence-corrected chi connectivity index (χ4v) is 4.07. The van der Waals surface area contributed by atoms with Crippen LogP contribution in [0.25, 0.3) is 22.3 Å². The molecule has 4 heterocycles. The van der Waals surface area contributed by atoms with Gasteiger partial charge in [0.1, 0.15) is 11.2 Å². The summed E-state index contributed by atoms with van der Waals surface area (Å²) in [4.78, 5) is 34.2. The molecule has 1 aliphatic heterocycles. The first-order valence-electron chi connectivity index (χ1n) is 11.7. The van der Waals surface area contributed by atoms with Gasteiger partial charge >= 0.3 is 0 Å². The number of nitrogens with one attached hydrogen (secondary N) is 2. The predicted molar refractivity (Wildman–Crippen MR) is 139 cm³/mol. The summed E-state index contributed by atoms with van der Waals surface area (Å²) in [6, 6.07) is 13.0. The molecular formula is C26H24F2N8O. The maximum absolute atomic E-state index is 12.4. The molecule has 0 aliphatic carbocycles. The van der Waals surface area contributed by atoms with Crippen LogP contribution < -0.4 is 15.5 Å². The van der Waals surface area contributed by atoms with Crippen LogP contribution in [-0.2, 0) is 4.79 Å². The zero-order chi connectivity index (χ0) is 25.8. The summed E-state index contributed by atoms with van der Waals surface area (Å²) in [7, 11) is 2.13.